The molecule has 1 heterocycles. The summed E-state index contributed by atoms with van der Waals surface area (Å²) < 4.78 is 5.81. The summed E-state index contributed by atoms with van der Waals surface area (Å²) >= 11 is 0. The first kappa shape index (κ1) is 9.46. The summed E-state index contributed by atoms with van der Waals surface area (Å²) in [5.74, 6) is 0.917. The minimum absolute atomic E-state index is 0.345. The molecule has 1 aliphatic rings. The van der Waals surface area contributed by atoms with Gasteiger partial charge in [-0.3, -0.25) is 4.98 Å². The molecule has 0 aromatic carbocycles. The van der Waals surface area contributed by atoms with E-state index >= 15 is 0 Å². The van der Waals surface area contributed by atoms with Crippen molar-refractivity contribution in [3.05, 3.63) is 24.5 Å². The summed E-state index contributed by atoms with van der Waals surface area (Å²) in [4.78, 5) is 3.95. The zero-order valence-electron chi connectivity index (χ0n) is 8.23. The van der Waals surface area contributed by atoms with Crippen LogP contribution in [0.15, 0.2) is 24.5 Å². The van der Waals surface area contributed by atoms with E-state index < -0.39 is 0 Å². The third-order valence-electron chi connectivity index (χ3n) is 2.67. The Labute approximate surface area is 84.3 Å². The molecule has 0 aliphatic heterocycles. The Kier molecular flexibility index (Phi) is 2.99. The van der Waals surface area contributed by atoms with E-state index in [9.17, 15) is 0 Å². The van der Waals surface area contributed by atoms with Gasteiger partial charge in [0, 0.05) is 18.4 Å². The van der Waals surface area contributed by atoms with Gasteiger partial charge in [-0.25, -0.2) is 0 Å². The van der Waals surface area contributed by atoms with Crippen LogP contribution < -0.4 is 10.5 Å². The lowest BCUT2D eigenvalue weighted by Crippen LogP contribution is -2.31. The second-order valence-electron chi connectivity index (χ2n) is 3.84. The molecule has 76 valence electrons. The molecule has 0 radical (unpaired) electrons. The van der Waals surface area contributed by atoms with E-state index in [0.717, 1.165) is 31.4 Å². The largest absolute Gasteiger partial charge is 0.490 e. The normalized spacial score (nSPS) is 27.2. The summed E-state index contributed by atoms with van der Waals surface area (Å²) in [5, 5.41) is 0. The van der Waals surface area contributed by atoms with E-state index in [1.54, 1.807) is 12.4 Å². The minimum atomic E-state index is 0.345. The first-order valence-electron chi connectivity index (χ1n) is 5.17. The second kappa shape index (κ2) is 4.42. The molecule has 1 aliphatic carbocycles. The molecule has 2 N–H and O–H groups in total. The highest BCUT2D eigenvalue weighted by Gasteiger charge is 2.19. The number of nitrogens with two attached hydrogens (primary N) is 1. The van der Waals surface area contributed by atoms with Crippen LogP contribution in [0.1, 0.15) is 25.7 Å². The third-order valence-corrected chi connectivity index (χ3v) is 2.67. The summed E-state index contributed by atoms with van der Waals surface area (Å²) in [5.41, 5.74) is 5.82. The first-order chi connectivity index (χ1) is 6.84. The molecule has 0 unspecified atom stereocenters. The Morgan fingerprint density at radius 3 is 2.43 bits per heavy atom. The van der Waals surface area contributed by atoms with Gasteiger partial charge in [0.05, 0.1) is 6.10 Å². The minimum Gasteiger partial charge on any atom is -0.490 e. The van der Waals surface area contributed by atoms with Crippen LogP contribution in [-0.4, -0.2) is 17.1 Å². The fraction of sp³-hybridized carbons (Fsp3) is 0.545. The lowest BCUT2D eigenvalue weighted by Gasteiger charge is -2.26. The molecular formula is C11H16N2O. The highest BCUT2D eigenvalue weighted by Crippen LogP contribution is 2.22. The van der Waals surface area contributed by atoms with Crippen LogP contribution in [-0.2, 0) is 0 Å². The fourth-order valence-electron chi connectivity index (χ4n) is 1.82. The Morgan fingerprint density at radius 2 is 1.79 bits per heavy atom. The second-order valence-corrected chi connectivity index (χ2v) is 3.84. The maximum atomic E-state index is 5.82. The SMILES string of the molecule is N[C@H]1CC[C@H](Oc2ccncc2)CC1. The van der Waals surface area contributed by atoms with Crippen LogP contribution in [0.3, 0.4) is 0 Å². The van der Waals surface area contributed by atoms with Gasteiger partial charge in [0.15, 0.2) is 0 Å². The van der Waals surface area contributed by atoms with Crippen molar-refractivity contribution in [1.82, 2.24) is 4.98 Å². The van der Waals surface area contributed by atoms with Crippen molar-refractivity contribution in [1.29, 1.82) is 0 Å². The maximum Gasteiger partial charge on any atom is 0.122 e. The highest BCUT2D eigenvalue weighted by molar-refractivity contribution is 5.17. The summed E-state index contributed by atoms with van der Waals surface area (Å²) in [7, 11) is 0. The fourth-order valence-corrected chi connectivity index (χ4v) is 1.82. The van der Waals surface area contributed by atoms with Crippen molar-refractivity contribution in [2.45, 2.75) is 37.8 Å². The molecule has 1 saturated carbocycles. The number of nitrogens with zero attached hydrogens (tertiary/aromatic N) is 1. The van der Waals surface area contributed by atoms with Crippen LogP contribution in [0, 0.1) is 0 Å². The molecule has 1 aromatic heterocycles. The van der Waals surface area contributed by atoms with E-state index in [2.05, 4.69) is 4.98 Å². The lowest BCUT2D eigenvalue weighted by molar-refractivity contribution is 0.147. The molecule has 1 aromatic rings. The predicted molar refractivity (Wildman–Crippen MR) is 55.1 cm³/mol. The topological polar surface area (TPSA) is 48.1 Å². The molecule has 0 bridgehead atoms. The molecule has 14 heavy (non-hydrogen) atoms. The number of pyridine rings is 1. The molecule has 0 saturated heterocycles. The number of ether oxygens (including phenoxy) is 1. The van der Waals surface area contributed by atoms with Gasteiger partial charge in [-0.05, 0) is 37.8 Å². The van der Waals surface area contributed by atoms with Crippen molar-refractivity contribution in [3.8, 4) is 5.75 Å². The van der Waals surface area contributed by atoms with Gasteiger partial charge >= 0.3 is 0 Å². The Bertz CT molecular complexity index is 268. The summed E-state index contributed by atoms with van der Waals surface area (Å²) in [6.45, 7) is 0. The zero-order chi connectivity index (χ0) is 9.80. The van der Waals surface area contributed by atoms with Crippen molar-refractivity contribution < 1.29 is 4.74 Å². The van der Waals surface area contributed by atoms with Gasteiger partial charge in [0.1, 0.15) is 5.75 Å². The molecule has 0 atom stereocenters. The lowest BCUT2D eigenvalue weighted by atomic mass is 9.94. The molecule has 0 amide bonds. The van der Waals surface area contributed by atoms with Crippen LogP contribution in [0.2, 0.25) is 0 Å². The van der Waals surface area contributed by atoms with Crippen LogP contribution in [0.25, 0.3) is 0 Å². The summed E-state index contributed by atoms with van der Waals surface area (Å²) in [6.07, 6.45) is 8.16. The van der Waals surface area contributed by atoms with Gasteiger partial charge in [-0.1, -0.05) is 0 Å². The first-order valence-corrected chi connectivity index (χ1v) is 5.17. The summed E-state index contributed by atoms with van der Waals surface area (Å²) in [6, 6.07) is 4.18. The van der Waals surface area contributed by atoms with Gasteiger partial charge in [0.25, 0.3) is 0 Å². The van der Waals surface area contributed by atoms with Crippen LogP contribution >= 0.6 is 0 Å². The number of aromatic nitrogens is 1. The Balaban J connectivity index is 1.87. The monoisotopic (exact) mass is 192 g/mol. The van der Waals surface area contributed by atoms with Crippen molar-refractivity contribution in [3.63, 3.8) is 0 Å². The van der Waals surface area contributed by atoms with E-state index in [-0.39, 0.29) is 0 Å². The molecule has 0 spiro atoms. The van der Waals surface area contributed by atoms with Crippen molar-refractivity contribution in [2.75, 3.05) is 0 Å². The Hall–Kier alpha value is -1.09. The predicted octanol–water partition coefficient (Wildman–Crippen LogP) is 1.73. The quantitative estimate of drug-likeness (QED) is 0.776. The maximum absolute atomic E-state index is 5.82. The molecule has 3 nitrogen and oxygen atoms in total. The van der Waals surface area contributed by atoms with E-state index in [0.29, 0.717) is 12.1 Å². The van der Waals surface area contributed by atoms with Gasteiger partial charge in [-0.2, -0.15) is 0 Å². The van der Waals surface area contributed by atoms with Crippen LogP contribution in [0.4, 0.5) is 0 Å². The van der Waals surface area contributed by atoms with Crippen molar-refractivity contribution >= 4 is 0 Å². The van der Waals surface area contributed by atoms with E-state index in [4.69, 9.17) is 10.5 Å². The molecular weight excluding hydrogens is 176 g/mol. The van der Waals surface area contributed by atoms with Gasteiger partial charge in [-0.15, -0.1) is 0 Å². The third kappa shape index (κ3) is 2.45. The van der Waals surface area contributed by atoms with Gasteiger partial charge < -0.3 is 10.5 Å². The van der Waals surface area contributed by atoms with Gasteiger partial charge in [0.2, 0.25) is 0 Å². The number of hydrogen-bond donors (Lipinski definition) is 1. The van der Waals surface area contributed by atoms with Crippen LogP contribution in [0.5, 0.6) is 5.75 Å². The average Bonchev–Trinajstić information content (AvgIpc) is 2.23. The number of rotatable bonds is 2. The average molecular weight is 192 g/mol. The zero-order valence-corrected chi connectivity index (χ0v) is 8.23. The van der Waals surface area contributed by atoms with E-state index in [1.165, 1.54) is 0 Å². The molecule has 1 fully saturated rings. The van der Waals surface area contributed by atoms with Crippen molar-refractivity contribution in [2.24, 2.45) is 5.73 Å². The van der Waals surface area contributed by atoms with E-state index in [1.807, 2.05) is 12.1 Å². The Morgan fingerprint density at radius 1 is 1.14 bits per heavy atom. The standard InChI is InChI=1S/C11H16N2O/c12-9-1-3-10(4-2-9)14-11-5-7-13-8-6-11/h5-10H,1-4,12H2/t9-,10-. The smallest absolute Gasteiger partial charge is 0.122 e. The number of hydrogen-bond acceptors (Lipinski definition) is 3. The molecule has 2 rings (SSSR count). The molecule has 3 heteroatoms. The highest BCUT2D eigenvalue weighted by atomic mass is 16.5.